The molecule has 0 saturated heterocycles. The van der Waals surface area contributed by atoms with Crippen molar-refractivity contribution in [2.75, 3.05) is 20.8 Å². The zero-order chi connectivity index (χ0) is 22.4. The smallest absolute Gasteiger partial charge is 0.357 e. The molecule has 0 fully saturated rings. The number of benzene rings is 2. The normalized spacial score (nSPS) is 10.6. The maximum absolute atomic E-state index is 14.0. The summed E-state index contributed by atoms with van der Waals surface area (Å²) < 4.78 is 30.9. The van der Waals surface area contributed by atoms with E-state index >= 15 is 0 Å². The van der Waals surface area contributed by atoms with Gasteiger partial charge in [-0.15, -0.1) is 0 Å². The van der Waals surface area contributed by atoms with Crippen LogP contribution in [0, 0.1) is 5.82 Å². The third-order valence-electron chi connectivity index (χ3n) is 4.61. The highest BCUT2D eigenvalue weighted by atomic mass is 19.1. The van der Waals surface area contributed by atoms with Gasteiger partial charge in [0.15, 0.2) is 5.69 Å². The van der Waals surface area contributed by atoms with Crippen molar-refractivity contribution in [3.63, 3.8) is 0 Å². The number of methoxy groups -OCH3 is 2. The van der Waals surface area contributed by atoms with E-state index in [1.807, 2.05) is 13.0 Å². The predicted molar refractivity (Wildman–Crippen MR) is 112 cm³/mol. The van der Waals surface area contributed by atoms with Crippen molar-refractivity contribution in [3.8, 4) is 22.7 Å². The monoisotopic (exact) mass is 426 g/mol. The second-order valence-electron chi connectivity index (χ2n) is 6.65. The van der Waals surface area contributed by atoms with Crippen molar-refractivity contribution in [2.45, 2.75) is 19.8 Å². The Bertz CT molecular complexity index is 1080. The average molecular weight is 426 g/mol. The van der Waals surface area contributed by atoms with Gasteiger partial charge in [-0.25, -0.2) is 18.7 Å². The lowest BCUT2D eigenvalue weighted by atomic mass is 10.0. The summed E-state index contributed by atoms with van der Waals surface area (Å²) in [6.07, 6.45) is 1.67. The van der Waals surface area contributed by atoms with Crippen LogP contribution in [0.3, 0.4) is 0 Å². The van der Waals surface area contributed by atoms with Crippen molar-refractivity contribution in [1.82, 2.24) is 9.78 Å². The number of carbonyl (C=O) groups excluding carboxylic acids is 2. The van der Waals surface area contributed by atoms with Gasteiger partial charge >= 0.3 is 11.9 Å². The third kappa shape index (κ3) is 4.58. The van der Waals surface area contributed by atoms with E-state index in [2.05, 4.69) is 5.10 Å². The molecule has 0 aliphatic rings. The molecule has 2 aromatic carbocycles. The molecule has 0 aliphatic heterocycles. The van der Waals surface area contributed by atoms with Crippen LogP contribution in [0.2, 0.25) is 0 Å². The molecule has 162 valence electrons. The lowest BCUT2D eigenvalue weighted by molar-refractivity contribution is 0.0549. The molecule has 0 spiro atoms. The molecule has 7 nitrogen and oxygen atoms in total. The zero-order valence-electron chi connectivity index (χ0n) is 17.6. The highest BCUT2D eigenvalue weighted by Gasteiger charge is 2.32. The molecule has 0 atom stereocenters. The van der Waals surface area contributed by atoms with Crippen LogP contribution in [-0.2, 0) is 9.47 Å². The second-order valence-corrected chi connectivity index (χ2v) is 6.65. The first kappa shape index (κ1) is 22.0. The zero-order valence-corrected chi connectivity index (χ0v) is 17.6. The van der Waals surface area contributed by atoms with Crippen molar-refractivity contribution in [2.24, 2.45) is 0 Å². The van der Waals surface area contributed by atoms with Gasteiger partial charge in [-0.1, -0.05) is 31.5 Å². The number of esters is 2. The topological polar surface area (TPSA) is 79.7 Å². The van der Waals surface area contributed by atoms with Crippen LogP contribution in [0.1, 0.15) is 40.6 Å². The fraction of sp³-hybridized carbons (Fsp3) is 0.261. The Balaban J connectivity index is 2.29. The molecule has 0 aliphatic carbocycles. The van der Waals surface area contributed by atoms with Gasteiger partial charge in [-0.2, -0.15) is 5.10 Å². The number of aromatic nitrogens is 2. The molecule has 0 unspecified atom stereocenters. The molecule has 1 heterocycles. The average Bonchev–Trinajstić information content (AvgIpc) is 3.19. The fourth-order valence-corrected chi connectivity index (χ4v) is 3.08. The van der Waals surface area contributed by atoms with Gasteiger partial charge < -0.3 is 14.2 Å². The summed E-state index contributed by atoms with van der Waals surface area (Å²) in [5.74, 6) is -1.82. The van der Waals surface area contributed by atoms with Gasteiger partial charge in [0.05, 0.1) is 26.5 Å². The quantitative estimate of drug-likeness (QED) is 0.392. The van der Waals surface area contributed by atoms with Gasteiger partial charge in [0.2, 0.25) is 0 Å². The van der Waals surface area contributed by atoms with Crippen LogP contribution in [0.15, 0.2) is 48.5 Å². The molecular formula is C23H23FN2O5. The van der Waals surface area contributed by atoms with Crippen LogP contribution in [-0.4, -0.2) is 42.5 Å². The number of halogens is 1. The predicted octanol–water partition coefficient (Wildman–Crippen LogP) is 4.43. The molecule has 3 aromatic rings. The molecule has 8 heteroatoms. The van der Waals surface area contributed by atoms with E-state index in [-0.39, 0.29) is 22.7 Å². The Hall–Kier alpha value is -3.68. The van der Waals surface area contributed by atoms with Crippen LogP contribution >= 0.6 is 0 Å². The molecule has 0 N–H and O–H groups in total. The first-order chi connectivity index (χ1) is 15.0. The number of hydrogen-bond donors (Lipinski definition) is 0. The number of carbonyl (C=O) groups is 2. The fourth-order valence-electron chi connectivity index (χ4n) is 3.08. The molecule has 0 amide bonds. The first-order valence-electron chi connectivity index (χ1n) is 9.79. The lowest BCUT2D eigenvalue weighted by Crippen LogP contribution is -2.15. The van der Waals surface area contributed by atoms with Crippen molar-refractivity contribution in [3.05, 3.63) is 65.6 Å². The largest absolute Gasteiger partial charge is 0.493 e. The van der Waals surface area contributed by atoms with Crippen LogP contribution in [0.4, 0.5) is 4.39 Å². The maximum Gasteiger partial charge on any atom is 0.357 e. The summed E-state index contributed by atoms with van der Waals surface area (Å²) >= 11 is 0. The van der Waals surface area contributed by atoms with E-state index in [0.29, 0.717) is 17.9 Å². The van der Waals surface area contributed by atoms with E-state index in [4.69, 9.17) is 14.2 Å². The van der Waals surface area contributed by atoms with Crippen molar-refractivity contribution < 1.29 is 28.2 Å². The second kappa shape index (κ2) is 9.88. The third-order valence-corrected chi connectivity index (χ3v) is 4.61. The van der Waals surface area contributed by atoms with Crippen molar-refractivity contribution in [1.29, 1.82) is 0 Å². The highest BCUT2D eigenvalue weighted by Crippen LogP contribution is 2.35. The van der Waals surface area contributed by atoms with E-state index < -0.39 is 17.8 Å². The number of ether oxygens (including phenoxy) is 3. The molecule has 1 aromatic heterocycles. The molecule has 3 rings (SSSR count). The summed E-state index contributed by atoms with van der Waals surface area (Å²) in [6, 6.07) is 12.7. The van der Waals surface area contributed by atoms with E-state index in [9.17, 15) is 14.0 Å². The number of unbranched alkanes of at least 4 members (excludes halogenated alkanes) is 1. The van der Waals surface area contributed by atoms with Gasteiger partial charge in [-0.3, -0.25) is 0 Å². The Morgan fingerprint density at radius 2 is 1.74 bits per heavy atom. The SMILES string of the molecule is CCCCOc1cc(F)ccc1-c1nn(-c2ccccc2)c(C(=O)OC)c1C(=O)OC. The minimum absolute atomic E-state index is 0.0925. The lowest BCUT2D eigenvalue weighted by Gasteiger charge is -2.11. The molecule has 31 heavy (non-hydrogen) atoms. The standard InChI is InChI=1S/C23H23FN2O5/c1-4-5-13-31-18-14-15(24)11-12-17(18)20-19(22(27)29-2)21(23(28)30-3)26(25-20)16-9-7-6-8-10-16/h6-12,14H,4-5,13H2,1-3H3. The Labute approximate surface area is 179 Å². The van der Waals surface area contributed by atoms with Gasteiger partial charge in [0.1, 0.15) is 22.8 Å². The Kier molecular flexibility index (Phi) is 7.02. The highest BCUT2D eigenvalue weighted by molar-refractivity contribution is 6.07. The Morgan fingerprint density at radius 1 is 1.03 bits per heavy atom. The summed E-state index contributed by atoms with van der Waals surface area (Å²) in [7, 11) is 2.42. The van der Waals surface area contributed by atoms with E-state index in [0.717, 1.165) is 12.8 Å². The summed E-state index contributed by atoms with van der Waals surface area (Å²) in [4.78, 5) is 25.4. The minimum atomic E-state index is -0.776. The summed E-state index contributed by atoms with van der Waals surface area (Å²) in [5, 5.41) is 4.52. The number of hydrogen-bond acceptors (Lipinski definition) is 6. The van der Waals surface area contributed by atoms with Crippen LogP contribution in [0.5, 0.6) is 5.75 Å². The first-order valence-corrected chi connectivity index (χ1v) is 9.79. The molecule has 0 saturated carbocycles. The van der Waals surface area contributed by atoms with Crippen molar-refractivity contribution >= 4 is 11.9 Å². The maximum atomic E-state index is 14.0. The Morgan fingerprint density at radius 3 is 2.39 bits per heavy atom. The molecule has 0 radical (unpaired) electrons. The summed E-state index contributed by atoms with van der Waals surface area (Å²) in [6.45, 7) is 2.37. The molecular weight excluding hydrogens is 403 g/mol. The van der Waals surface area contributed by atoms with Crippen LogP contribution < -0.4 is 4.74 Å². The summed E-state index contributed by atoms with van der Waals surface area (Å²) in [5.41, 5.74) is 0.833. The van der Waals surface area contributed by atoms with Crippen LogP contribution in [0.25, 0.3) is 16.9 Å². The number of para-hydroxylation sites is 1. The number of rotatable bonds is 8. The molecule has 0 bridgehead atoms. The van der Waals surface area contributed by atoms with E-state index in [1.54, 1.807) is 24.3 Å². The van der Waals surface area contributed by atoms with Gasteiger partial charge in [0, 0.05) is 11.6 Å². The van der Waals surface area contributed by atoms with E-state index in [1.165, 1.54) is 37.1 Å². The number of nitrogens with zero attached hydrogens (tertiary/aromatic N) is 2. The van der Waals surface area contributed by atoms with Gasteiger partial charge in [-0.05, 0) is 30.7 Å². The van der Waals surface area contributed by atoms with Gasteiger partial charge in [0.25, 0.3) is 0 Å². The minimum Gasteiger partial charge on any atom is -0.493 e.